The second-order valence-corrected chi connectivity index (χ2v) is 8.46. The number of nitrogens with one attached hydrogen (secondary N) is 2. The second kappa shape index (κ2) is 19.3. The molecule has 0 aromatic heterocycles. The van der Waals surface area contributed by atoms with Crippen LogP contribution >= 0.6 is 0 Å². The summed E-state index contributed by atoms with van der Waals surface area (Å²) in [7, 11) is 0. The Labute approximate surface area is 207 Å². The van der Waals surface area contributed by atoms with E-state index < -0.39 is 24.4 Å². The minimum absolute atomic E-state index is 0.377. The van der Waals surface area contributed by atoms with Crippen molar-refractivity contribution in [2.24, 2.45) is 15.9 Å². The lowest BCUT2D eigenvalue weighted by Gasteiger charge is -2.27. The molecule has 4 N–H and O–H groups in total. The Bertz CT molecular complexity index is 763. The lowest BCUT2D eigenvalue weighted by molar-refractivity contribution is -0.578. The van der Waals surface area contributed by atoms with Gasteiger partial charge in [-0.1, -0.05) is 32.6 Å². The molecule has 12 heteroatoms. The zero-order valence-corrected chi connectivity index (χ0v) is 20.7. The number of rotatable bonds is 15. The van der Waals surface area contributed by atoms with Crippen LogP contribution in [0.25, 0.3) is 0 Å². The highest BCUT2D eigenvalue weighted by atomic mass is 16.6. The van der Waals surface area contributed by atoms with Gasteiger partial charge in [0.15, 0.2) is 12.9 Å². The number of hydrogen-bond acceptors (Lipinski definition) is 8. The van der Waals surface area contributed by atoms with Crippen molar-refractivity contribution in [3.8, 4) is 0 Å². The summed E-state index contributed by atoms with van der Waals surface area (Å²) in [6.07, 6.45) is 12.4. The summed E-state index contributed by atoms with van der Waals surface area (Å²) in [5.41, 5.74) is 0. The molecular formula is C23H40N7O5+. The highest BCUT2D eigenvalue weighted by Gasteiger charge is 2.39. The Morgan fingerprint density at radius 3 is 2.66 bits per heavy atom. The van der Waals surface area contributed by atoms with Gasteiger partial charge in [-0.3, -0.25) is 4.99 Å². The lowest BCUT2D eigenvalue weighted by Crippen LogP contribution is -2.58. The molecule has 0 saturated carbocycles. The van der Waals surface area contributed by atoms with Crippen molar-refractivity contribution in [2.75, 3.05) is 19.6 Å². The highest BCUT2D eigenvalue weighted by Crippen LogP contribution is 2.17. The van der Waals surface area contributed by atoms with Crippen LogP contribution in [0.15, 0.2) is 9.98 Å². The van der Waals surface area contributed by atoms with Gasteiger partial charge in [0.2, 0.25) is 6.08 Å². The third-order valence-electron chi connectivity index (χ3n) is 5.78. The van der Waals surface area contributed by atoms with Crippen LogP contribution in [0, 0.1) is 0 Å². The first-order valence-electron chi connectivity index (χ1n) is 12.5. The molecule has 196 valence electrons. The summed E-state index contributed by atoms with van der Waals surface area (Å²) in [6.45, 7) is 3.45. The molecule has 0 aromatic carbocycles. The van der Waals surface area contributed by atoms with E-state index in [1.165, 1.54) is 17.1 Å². The molecular weight excluding hydrogens is 454 g/mol. The SMILES string of the molecule is CCCCCC(N=C=O)NC(=O)N(C(=O)NCCCCCCN=CON)C1CCCCC[N+]1=C=O. The molecule has 1 heterocycles. The van der Waals surface area contributed by atoms with Gasteiger partial charge in [-0.15, -0.1) is 4.58 Å². The first-order valence-corrected chi connectivity index (χ1v) is 12.5. The fourth-order valence-corrected chi connectivity index (χ4v) is 3.92. The number of carbonyl (C=O) groups is 2. The predicted octanol–water partition coefficient (Wildman–Crippen LogP) is 2.68. The first kappa shape index (κ1) is 30.0. The Kier molecular flexibility index (Phi) is 16.5. The van der Waals surface area contributed by atoms with E-state index in [0.717, 1.165) is 69.1 Å². The molecule has 1 aliphatic heterocycles. The molecule has 2 atom stereocenters. The average molecular weight is 495 g/mol. The summed E-state index contributed by atoms with van der Waals surface area (Å²) < 4.78 is 1.37. The van der Waals surface area contributed by atoms with E-state index in [0.29, 0.717) is 32.5 Å². The second-order valence-electron chi connectivity index (χ2n) is 8.46. The average Bonchev–Trinajstić information content (AvgIpc) is 3.09. The van der Waals surface area contributed by atoms with E-state index >= 15 is 0 Å². The number of isocyanates is 2. The van der Waals surface area contributed by atoms with Crippen LogP contribution < -0.4 is 16.5 Å². The van der Waals surface area contributed by atoms with E-state index in [1.54, 1.807) is 0 Å². The van der Waals surface area contributed by atoms with Crippen LogP contribution in [0.1, 0.15) is 84.0 Å². The maximum absolute atomic E-state index is 13.2. The molecule has 0 aromatic rings. The largest absolute Gasteiger partial charge is 0.426 e. The van der Waals surface area contributed by atoms with Crippen molar-refractivity contribution < 1.29 is 28.6 Å². The molecule has 4 amide bonds. The third-order valence-corrected chi connectivity index (χ3v) is 5.78. The van der Waals surface area contributed by atoms with Crippen molar-refractivity contribution in [3.05, 3.63) is 0 Å². The summed E-state index contributed by atoms with van der Waals surface area (Å²) in [5, 5.41) is 5.45. The van der Waals surface area contributed by atoms with Gasteiger partial charge in [0, 0.05) is 25.9 Å². The summed E-state index contributed by atoms with van der Waals surface area (Å²) in [5.74, 6) is 4.86. The molecule has 1 rings (SSSR count). The molecule has 0 aliphatic carbocycles. The fraction of sp³-hybridized carbons (Fsp3) is 0.783. The van der Waals surface area contributed by atoms with Crippen LogP contribution in [-0.4, -0.2) is 72.1 Å². The fourth-order valence-electron chi connectivity index (χ4n) is 3.92. The molecule has 35 heavy (non-hydrogen) atoms. The topological polar surface area (TPSA) is 159 Å². The predicted molar refractivity (Wildman–Crippen MR) is 130 cm³/mol. The number of unbranched alkanes of at least 4 members (excludes halogenated alkanes) is 5. The normalized spacial score (nSPS) is 16.5. The third kappa shape index (κ3) is 12.3. The number of aliphatic imine (C=N–C) groups is 2. The molecule has 2 unspecified atom stereocenters. The number of imide groups is 1. The summed E-state index contributed by atoms with van der Waals surface area (Å²) >= 11 is 0. The van der Waals surface area contributed by atoms with Gasteiger partial charge in [-0.05, 0) is 38.5 Å². The minimum Gasteiger partial charge on any atom is -0.400 e. The van der Waals surface area contributed by atoms with Crippen molar-refractivity contribution >= 4 is 30.6 Å². The van der Waals surface area contributed by atoms with Crippen molar-refractivity contribution in [3.63, 3.8) is 0 Å². The van der Waals surface area contributed by atoms with E-state index in [-0.39, 0.29) is 0 Å². The van der Waals surface area contributed by atoms with Gasteiger partial charge in [-0.25, -0.2) is 14.4 Å². The molecule has 1 fully saturated rings. The molecule has 0 radical (unpaired) electrons. The van der Waals surface area contributed by atoms with Gasteiger partial charge in [0.25, 0.3) is 6.17 Å². The Morgan fingerprint density at radius 1 is 1.14 bits per heavy atom. The minimum atomic E-state index is -0.784. The number of hydrogen-bond donors (Lipinski definition) is 3. The zero-order chi connectivity index (χ0) is 25.7. The summed E-state index contributed by atoms with van der Waals surface area (Å²) in [6, 6.07) is -1.29. The monoisotopic (exact) mass is 494 g/mol. The van der Waals surface area contributed by atoms with Crippen LogP contribution in [-0.2, 0) is 14.4 Å². The van der Waals surface area contributed by atoms with E-state index in [9.17, 15) is 19.2 Å². The lowest BCUT2D eigenvalue weighted by atomic mass is 10.1. The van der Waals surface area contributed by atoms with Gasteiger partial charge >= 0.3 is 18.1 Å². The van der Waals surface area contributed by atoms with Crippen molar-refractivity contribution in [1.29, 1.82) is 0 Å². The molecule has 0 bridgehead atoms. The van der Waals surface area contributed by atoms with Gasteiger partial charge < -0.3 is 15.5 Å². The highest BCUT2D eigenvalue weighted by molar-refractivity contribution is 5.94. The number of nitrogens with two attached hydrogens (primary N) is 1. The van der Waals surface area contributed by atoms with Crippen LogP contribution in [0.3, 0.4) is 0 Å². The van der Waals surface area contributed by atoms with Gasteiger partial charge in [-0.2, -0.15) is 20.6 Å². The maximum Gasteiger partial charge on any atom is 0.426 e. The Hall–Kier alpha value is -3.07. The van der Waals surface area contributed by atoms with Crippen LogP contribution in [0.4, 0.5) is 9.59 Å². The number of urea groups is 2. The van der Waals surface area contributed by atoms with Crippen molar-refractivity contribution in [2.45, 2.75) is 96.3 Å². The molecule has 1 aliphatic rings. The first-order chi connectivity index (χ1) is 17.1. The summed E-state index contributed by atoms with van der Waals surface area (Å²) in [4.78, 5) is 61.7. The molecule has 12 nitrogen and oxygen atoms in total. The number of amides is 4. The zero-order valence-electron chi connectivity index (χ0n) is 20.7. The van der Waals surface area contributed by atoms with Gasteiger partial charge in [0.1, 0.15) is 6.17 Å². The Balaban J connectivity index is 2.81. The molecule has 1 saturated heterocycles. The number of carbonyl (C=O) groups excluding carboxylic acids is 4. The van der Waals surface area contributed by atoms with E-state index in [2.05, 4.69) is 25.5 Å². The van der Waals surface area contributed by atoms with Crippen molar-refractivity contribution in [1.82, 2.24) is 15.5 Å². The number of nitrogens with zero attached hydrogens (tertiary/aromatic N) is 4. The smallest absolute Gasteiger partial charge is 0.400 e. The standard InChI is InChI=1S/C23H39N7O5/c1-2-3-7-12-20(27-17-31)28-23(34)30(21-13-8-6-11-16-29(21)19-32)22(33)26-15-10-5-4-9-14-25-18-35-24/h18,20-21H,2-16,24H2,1H3,(H-,26,28,33,34)/p+1. The van der Waals surface area contributed by atoms with E-state index in [1.807, 2.05) is 13.0 Å². The van der Waals surface area contributed by atoms with Crippen LogP contribution in [0.2, 0.25) is 0 Å². The van der Waals surface area contributed by atoms with Gasteiger partial charge in [0.05, 0.1) is 0 Å². The van der Waals surface area contributed by atoms with Crippen LogP contribution in [0.5, 0.6) is 0 Å². The quantitative estimate of drug-likeness (QED) is 0.0793. The molecule has 0 spiro atoms. The Morgan fingerprint density at radius 2 is 1.94 bits per heavy atom. The maximum atomic E-state index is 13.2. The van der Waals surface area contributed by atoms with E-state index in [4.69, 9.17) is 5.90 Å².